The van der Waals surface area contributed by atoms with Crippen LogP contribution in [0.3, 0.4) is 0 Å². The monoisotopic (exact) mass is 391 g/mol. The zero-order chi connectivity index (χ0) is 18.3. The van der Waals surface area contributed by atoms with Crippen molar-refractivity contribution in [3.05, 3.63) is 41.0 Å². The van der Waals surface area contributed by atoms with Gasteiger partial charge < -0.3 is 9.26 Å². The number of nitrogens with one attached hydrogen (secondary N) is 1. The highest BCUT2D eigenvalue weighted by atomic mass is 32.2. The molecule has 0 bridgehead atoms. The number of nitrogens with zero attached hydrogens (tertiary/aromatic N) is 2. The van der Waals surface area contributed by atoms with Gasteiger partial charge >= 0.3 is 0 Å². The Bertz CT molecular complexity index is 1050. The normalized spacial score (nSPS) is 14.4. The first-order valence-electron chi connectivity index (χ1n) is 8.07. The summed E-state index contributed by atoms with van der Waals surface area (Å²) in [7, 11) is -2.20. The van der Waals surface area contributed by atoms with E-state index < -0.39 is 10.0 Å². The molecule has 2 heterocycles. The van der Waals surface area contributed by atoms with Gasteiger partial charge in [-0.15, -0.1) is 11.3 Å². The number of rotatable bonds is 6. The Hall–Kier alpha value is -2.39. The van der Waals surface area contributed by atoms with Gasteiger partial charge in [-0.1, -0.05) is 5.16 Å². The van der Waals surface area contributed by atoms with Gasteiger partial charge in [-0.05, 0) is 55.0 Å². The minimum Gasteiger partial charge on any atom is -0.496 e. The van der Waals surface area contributed by atoms with Crippen LogP contribution in [-0.4, -0.2) is 25.7 Å². The van der Waals surface area contributed by atoms with Gasteiger partial charge in [0.05, 0.1) is 17.7 Å². The molecular weight excluding hydrogens is 374 g/mol. The summed E-state index contributed by atoms with van der Waals surface area (Å²) in [6.07, 6.45) is 2.14. The standard InChI is InChI=1S/C17H17N3O4S2/c1-10-9-12(5-6-14(10)23-2)26(21,22)20-13-7-8-25-15(13)17-18-16(19-24-17)11-3-4-11/h5-9,11,20H,3-4H2,1-2H3. The maximum absolute atomic E-state index is 12.7. The van der Waals surface area contributed by atoms with Crippen LogP contribution in [0, 0.1) is 6.92 Å². The molecule has 1 saturated carbocycles. The average molecular weight is 391 g/mol. The zero-order valence-corrected chi connectivity index (χ0v) is 15.9. The van der Waals surface area contributed by atoms with Crippen molar-refractivity contribution in [3.8, 4) is 16.5 Å². The molecule has 1 fully saturated rings. The highest BCUT2D eigenvalue weighted by Gasteiger charge is 2.30. The van der Waals surface area contributed by atoms with E-state index in [4.69, 9.17) is 9.26 Å². The van der Waals surface area contributed by atoms with Gasteiger partial charge in [-0.2, -0.15) is 4.98 Å². The number of sulfonamides is 1. The van der Waals surface area contributed by atoms with E-state index in [0.717, 1.165) is 18.4 Å². The quantitative estimate of drug-likeness (QED) is 0.687. The Morgan fingerprint density at radius 2 is 2.12 bits per heavy atom. The van der Waals surface area contributed by atoms with Gasteiger partial charge in [0.25, 0.3) is 15.9 Å². The first-order chi connectivity index (χ1) is 12.5. The van der Waals surface area contributed by atoms with Crippen LogP contribution in [0.1, 0.15) is 30.1 Å². The van der Waals surface area contributed by atoms with E-state index in [1.165, 1.54) is 17.4 Å². The minimum absolute atomic E-state index is 0.164. The van der Waals surface area contributed by atoms with Gasteiger partial charge in [0.2, 0.25) is 0 Å². The number of ether oxygens (including phenoxy) is 1. The lowest BCUT2D eigenvalue weighted by atomic mass is 10.2. The van der Waals surface area contributed by atoms with E-state index in [2.05, 4.69) is 14.9 Å². The summed E-state index contributed by atoms with van der Waals surface area (Å²) >= 11 is 1.35. The van der Waals surface area contributed by atoms with Crippen molar-refractivity contribution in [3.63, 3.8) is 0 Å². The van der Waals surface area contributed by atoms with E-state index >= 15 is 0 Å². The van der Waals surface area contributed by atoms with E-state index in [0.29, 0.717) is 33.9 Å². The second-order valence-electron chi connectivity index (χ2n) is 6.13. The third kappa shape index (κ3) is 3.19. The molecule has 2 aromatic heterocycles. The molecule has 136 valence electrons. The molecule has 0 radical (unpaired) electrons. The molecule has 1 aliphatic carbocycles. The maximum Gasteiger partial charge on any atom is 0.270 e. The SMILES string of the molecule is COc1ccc(S(=O)(=O)Nc2ccsc2-c2nc(C3CC3)no2)cc1C. The fourth-order valence-electron chi connectivity index (χ4n) is 2.61. The highest BCUT2D eigenvalue weighted by molar-refractivity contribution is 7.92. The summed E-state index contributed by atoms with van der Waals surface area (Å²) in [5.41, 5.74) is 1.17. The molecule has 7 nitrogen and oxygen atoms in total. The van der Waals surface area contributed by atoms with Gasteiger partial charge in [0.1, 0.15) is 10.6 Å². The first-order valence-corrected chi connectivity index (χ1v) is 10.4. The van der Waals surface area contributed by atoms with Crippen LogP contribution in [0.4, 0.5) is 5.69 Å². The van der Waals surface area contributed by atoms with Crippen LogP contribution < -0.4 is 9.46 Å². The Kier molecular flexibility index (Phi) is 4.20. The summed E-state index contributed by atoms with van der Waals surface area (Å²) in [5.74, 6) is 2.03. The number of anilines is 1. The fraction of sp³-hybridized carbons (Fsp3) is 0.294. The number of hydrogen-bond donors (Lipinski definition) is 1. The number of thiophene rings is 1. The number of benzene rings is 1. The van der Waals surface area contributed by atoms with Crippen molar-refractivity contribution in [1.82, 2.24) is 10.1 Å². The van der Waals surface area contributed by atoms with Crippen LogP contribution in [0.15, 0.2) is 39.1 Å². The molecule has 4 rings (SSSR count). The van der Waals surface area contributed by atoms with Crippen LogP contribution in [0.5, 0.6) is 5.75 Å². The molecule has 9 heteroatoms. The lowest BCUT2D eigenvalue weighted by molar-refractivity contribution is 0.411. The topological polar surface area (TPSA) is 94.3 Å². The summed E-state index contributed by atoms with van der Waals surface area (Å²) in [6.45, 7) is 1.80. The first kappa shape index (κ1) is 17.0. The van der Waals surface area contributed by atoms with Crippen molar-refractivity contribution >= 4 is 27.0 Å². The summed E-state index contributed by atoms with van der Waals surface area (Å²) < 4.78 is 38.6. The average Bonchev–Trinajstić information content (AvgIpc) is 3.17. The number of aryl methyl sites for hydroxylation is 1. The number of aromatic nitrogens is 2. The van der Waals surface area contributed by atoms with Crippen molar-refractivity contribution in [2.24, 2.45) is 0 Å². The van der Waals surface area contributed by atoms with Gasteiger partial charge in [0.15, 0.2) is 5.82 Å². The van der Waals surface area contributed by atoms with Gasteiger partial charge in [-0.3, -0.25) is 4.72 Å². The second kappa shape index (κ2) is 6.40. The van der Waals surface area contributed by atoms with Crippen LogP contribution >= 0.6 is 11.3 Å². The molecule has 0 saturated heterocycles. The maximum atomic E-state index is 12.7. The Morgan fingerprint density at radius 1 is 1.31 bits per heavy atom. The Balaban J connectivity index is 1.62. The molecule has 0 unspecified atom stereocenters. The third-order valence-corrected chi connectivity index (χ3v) is 6.43. The van der Waals surface area contributed by atoms with Crippen LogP contribution in [0.25, 0.3) is 10.8 Å². The highest BCUT2D eigenvalue weighted by Crippen LogP contribution is 2.40. The smallest absolute Gasteiger partial charge is 0.270 e. The fourth-order valence-corrected chi connectivity index (χ4v) is 4.60. The zero-order valence-electron chi connectivity index (χ0n) is 14.2. The number of methoxy groups -OCH3 is 1. The van der Waals surface area contributed by atoms with Crippen LogP contribution in [0.2, 0.25) is 0 Å². The van der Waals surface area contributed by atoms with Crippen molar-refractivity contribution in [2.45, 2.75) is 30.6 Å². The van der Waals surface area contributed by atoms with E-state index in [1.807, 2.05) is 0 Å². The van der Waals surface area contributed by atoms with Gasteiger partial charge in [-0.25, -0.2) is 8.42 Å². The van der Waals surface area contributed by atoms with Crippen LogP contribution in [-0.2, 0) is 10.0 Å². The molecule has 0 atom stereocenters. The summed E-state index contributed by atoms with van der Waals surface area (Å²) in [4.78, 5) is 5.17. The van der Waals surface area contributed by atoms with Crippen molar-refractivity contribution in [1.29, 1.82) is 0 Å². The molecule has 3 aromatic rings. The Morgan fingerprint density at radius 3 is 2.81 bits per heavy atom. The van der Waals surface area contributed by atoms with Gasteiger partial charge in [0, 0.05) is 5.92 Å². The van der Waals surface area contributed by atoms with Crippen molar-refractivity contribution in [2.75, 3.05) is 11.8 Å². The minimum atomic E-state index is -3.75. The lowest BCUT2D eigenvalue weighted by Gasteiger charge is -2.10. The third-order valence-electron chi connectivity index (χ3n) is 4.16. The van der Waals surface area contributed by atoms with E-state index in [-0.39, 0.29) is 4.90 Å². The Labute approximate surface area is 155 Å². The molecule has 0 amide bonds. The summed E-state index contributed by atoms with van der Waals surface area (Å²) in [5, 5.41) is 5.78. The molecule has 1 N–H and O–H groups in total. The largest absolute Gasteiger partial charge is 0.496 e. The molecular formula is C17H17N3O4S2. The molecule has 0 spiro atoms. The van der Waals surface area contributed by atoms with Crippen molar-refractivity contribution < 1.29 is 17.7 Å². The predicted molar refractivity (Wildman–Crippen MR) is 98.1 cm³/mol. The van der Waals surface area contributed by atoms with E-state index in [9.17, 15) is 8.42 Å². The van der Waals surface area contributed by atoms with E-state index in [1.54, 1.807) is 37.6 Å². The molecule has 0 aliphatic heterocycles. The predicted octanol–water partition coefficient (Wildman–Crippen LogP) is 3.79. The lowest BCUT2D eigenvalue weighted by Crippen LogP contribution is -2.13. The molecule has 1 aliphatic rings. The summed E-state index contributed by atoms with van der Waals surface area (Å²) in [6, 6.07) is 6.41. The molecule has 1 aromatic carbocycles. The second-order valence-corrected chi connectivity index (χ2v) is 8.73. The number of hydrogen-bond acceptors (Lipinski definition) is 7. The molecule has 26 heavy (non-hydrogen) atoms.